The third kappa shape index (κ3) is 2.76. The largest absolute Gasteiger partial charge is 0.449 e. The summed E-state index contributed by atoms with van der Waals surface area (Å²) in [6.45, 7) is 3.59. The van der Waals surface area contributed by atoms with Crippen molar-refractivity contribution in [1.82, 2.24) is 15.1 Å². The Morgan fingerprint density at radius 3 is 2.84 bits per heavy atom. The van der Waals surface area contributed by atoms with E-state index in [9.17, 15) is 4.79 Å². The number of pyridine rings is 1. The van der Waals surface area contributed by atoms with Gasteiger partial charge >= 0.3 is 0 Å². The topological polar surface area (TPSA) is 94.0 Å². The summed E-state index contributed by atoms with van der Waals surface area (Å²) in [6.07, 6.45) is 3.19. The highest BCUT2D eigenvalue weighted by Gasteiger charge is 2.16. The van der Waals surface area contributed by atoms with Gasteiger partial charge in [0.2, 0.25) is 0 Å². The predicted octanol–water partition coefficient (Wildman–Crippen LogP) is 3.75. The van der Waals surface area contributed by atoms with E-state index in [0.29, 0.717) is 39.5 Å². The number of oxazole rings is 1. The van der Waals surface area contributed by atoms with Crippen LogP contribution in [0.25, 0.3) is 22.4 Å². The summed E-state index contributed by atoms with van der Waals surface area (Å²) in [4.78, 5) is 21.0. The zero-order valence-electron chi connectivity index (χ0n) is 13.6. The normalized spacial score (nSPS) is 11.0. The number of nitrogens with one attached hydrogen (secondary N) is 1. The molecule has 7 heteroatoms. The van der Waals surface area contributed by atoms with Gasteiger partial charge in [0.1, 0.15) is 17.7 Å². The average Bonchev–Trinajstić information content (AvgIpc) is 3.22. The van der Waals surface area contributed by atoms with E-state index < -0.39 is 0 Å². The van der Waals surface area contributed by atoms with Crippen LogP contribution in [-0.4, -0.2) is 21.0 Å². The van der Waals surface area contributed by atoms with Gasteiger partial charge in [-0.15, -0.1) is 0 Å². The number of fused-ring (bicyclic) bond motifs is 1. The molecule has 0 atom stereocenters. The standard InChI is InChI=1S/C18H14N4O3/c1-10-14(4-3-7-19-10)21-18(23)12-5-6-16-13(8-12)17(22-25-16)15-9-24-11(2)20-15/h3-9H,1-2H3,(H,21,23). The molecule has 0 unspecified atom stereocenters. The highest BCUT2D eigenvalue weighted by Crippen LogP contribution is 2.28. The summed E-state index contributed by atoms with van der Waals surface area (Å²) < 4.78 is 10.5. The molecule has 0 saturated carbocycles. The molecular formula is C18H14N4O3. The van der Waals surface area contributed by atoms with Crippen LogP contribution in [0.15, 0.2) is 51.7 Å². The average molecular weight is 334 g/mol. The van der Waals surface area contributed by atoms with Crippen LogP contribution < -0.4 is 5.32 Å². The quantitative estimate of drug-likeness (QED) is 0.613. The number of rotatable bonds is 3. The third-order valence-corrected chi connectivity index (χ3v) is 3.85. The van der Waals surface area contributed by atoms with Crippen molar-refractivity contribution in [1.29, 1.82) is 0 Å². The minimum absolute atomic E-state index is 0.235. The van der Waals surface area contributed by atoms with Crippen LogP contribution in [0.2, 0.25) is 0 Å². The van der Waals surface area contributed by atoms with E-state index >= 15 is 0 Å². The van der Waals surface area contributed by atoms with Gasteiger partial charge in [0.15, 0.2) is 11.5 Å². The van der Waals surface area contributed by atoms with Crippen LogP contribution in [0, 0.1) is 13.8 Å². The predicted molar refractivity (Wildman–Crippen MR) is 91.2 cm³/mol. The van der Waals surface area contributed by atoms with Crippen LogP contribution in [0.4, 0.5) is 5.69 Å². The van der Waals surface area contributed by atoms with Gasteiger partial charge in [-0.3, -0.25) is 9.78 Å². The highest BCUT2D eigenvalue weighted by atomic mass is 16.5. The second kappa shape index (κ2) is 5.86. The smallest absolute Gasteiger partial charge is 0.255 e. The number of aromatic nitrogens is 3. The Balaban J connectivity index is 1.71. The fourth-order valence-electron chi connectivity index (χ4n) is 2.55. The fourth-order valence-corrected chi connectivity index (χ4v) is 2.55. The zero-order valence-corrected chi connectivity index (χ0v) is 13.6. The molecule has 7 nitrogen and oxygen atoms in total. The highest BCUT2D eigenvalue weighted by molar-refractivity contribution is 6.07. The minimum atomic E-state index is -0.235. The van der Waals surface area contributed by atoms with E-state index in [1.54, 1.807) is 37.4 Å². The summed E-state index contributed by atoms with van der Waals surface area (Å²) in [6, 6.07) is 8.71. The number of anilines is 1. The number of carbonyl (C=O) groups is 1. The molecule has 1 amide bonds. The maximum Gasteiger partial charge on any atom is 0.255 e. The Morgan fingerprint density at radius 2 is 2.08 bits per heavy atom. The van der Waals surface area contributed by atoms with Gasteiger partial charge in [-0.25, -0.2) is 4.98 Å². The molecule has 0 radical (unpaired) electrons. The maximum atomic E-state index is 12.6. The van der Waals surface area contributed by atoms with Gasteiger partial charge in [0, 0.05) is 18.7 Å². The molecule has 1 aromatic carbocycles. The fraction of sp³-hybridized carbons (Fsp3) is 0.111. The first-order chi connectivity index (χ1) is 12.1. The van der Waals surface area contributed by atoms with Gasteiger partial charge in [-0.1, -0.05) is 5.16 Å². The van der Waals surface area contributed by atoms with Crippen LogP contribution in [0.5, 0.6) is 0 Å². The van der Waals surface area contributed by atoms with E-state index in [4.69, 9.17) is 8.94 Å². The Morgan fingerprint density at radius 1 is 1.20 bits per heavy atom. The molecule has 0 fully saturated rings. The van der Waals surface area contributed by atoms with Crippen molar-refractivity contribution in [2.24, 2.45) is 0 Å². The van der Waals surface area contributed by atoms with E-state index in [-0.39, 0.29) is 5.91 Å². The summed E-state index contributed by atoms with van der Waals surface area (Å²) in [5.74, 6) is 0.300. The van der Waals surface area contributed by atoms with E-state index in [2.05, 4.69) is 20.4 Å². The number of nitrogens with zero attached hydrogens (tertiary/aromatic N) is 3. The van der Waals surface area contributed by atoms with Crippen molar-refractivity contribution in [3.63, 3.8) is 0 Å². The monoisotopic (exact) mass is 334 g/mol. The Kier molecular flexibility index (Phi) is 3.53. The van der Waals surface area contributed by atoms with Gasteiger partial charge < -0.3 is 14.3 Å². The lowest BCUT2D eigenvalue weighted by atomic mass is 10.1. The molecule has 25 heavy (non-hydrogen) atoms. The first kappa shape index (κ1) is 15.1. The lowest BCUT2D eigenvalue weighted by Crippen LogP contribution is -2.13. The molecule has 3 heterocycles. The van der Waals surface area contributed by atoms with Crippen molar-refractivity contribution in [2.45, 2.75) is 13.8 Å². The van der Waals surface area contributed by atoms with E-state index in [1.807, 2.05) is 13.0 Å². The van der Waals surface area contributed by atoms with Gasteiger partial charge in [-0.2, -0.15) is 0 Å². The second-order valence-electron chi connectivity index (χ2n) is 5.58. The van der Waals surface area contributed by atoms with E-state index in [1.165, 1.54) is 6.26 Å². The molecule has 0 aliphatic heterocycles. The first-order valence-electron chi connectivity index (χ1n) is 7.67. The maximum absolute atomic E-state index is 12.6. The number of amides is 1. The molecule has 0 aliphatic carbocycles. The molecule has 4 rings (SSSR count). The molecule has 0 aliphatic rings. The molecule has 0 saturated heterocycles. The molecule has 0 spiro atoms. The van der Waals surface area contributed by atoms with Crippen molar-refractivity contribution < 1.29 is 13.7 Å². The Hall–Kier alpha value is -3.48. The summed E-state index contributed by atoms with van der Waals surface area (Å²) >= 11 is 0. The first-order valence-corrected chi connectivity index (χ1v) is 7.67. The third-order valence-electron chi connectivity index (χ3n) is 3.85. The van der Waals surface area contributed by atoms with Gasteiger partial charge in [0.05, 0.1) is 16.8 Å². The van der Waals surface area contributed by atoms with Crippen molar-refractivity contribution in [3.05, 3.63) is 59.9 Å². The van der Waals surface area contributed by atoms with Crippen LogP contribution in [-0.2, 0) is 0 Å². The second-order valence-corrected chi connectivity index (χ2v) is 5.58. The Bertz CT molecular complexity index is 1080. The van der Waals surface area contributed by atoms with Crippen LogP contribution in [0.1, 0.15) is 21.9 Å². The summed E-state index contributed by atoms with van der Waals surface area (Å²) in [5.41, 5.74) is 3.59. The number of aryl methyl sites for hydroxylation is 2. The molecule has 4 aromatic rings. The molecule has 1 N–H and O–H groups in total. The van der Waals surface area contributed by atoms with Gasteiger partial charge in [0.25, 0.3) is 5.91 Å². The van der Waals surface area contributed by atoms with Crippen LogP contribution >= 0.6 is 0 Å². The Labute approximate surface area is 142 Å². The SMILES string of the molecule is Cc1nc(-c2noc3ccc(C(=O)Nc4cccnc4C)cc23)co1. The van der Waals surface area contributed by atoms with Crippen LogP contribution in [0.3, 0.4) is 0 Å². The number of hydrogen-bond donors (Lipinski definition) is 1. The lowest BCUT2D eigenvalue weighted by Gasteiger charge is -2.07. The zero-order chi connectivity index (χ0) is 17.4. The molecule has 3 aromatic heterocycles. The summed E-state index contributed by atoms with van der Waals surface area (Å²) in [7, 11) is 0. The molecular weight excluding hydrogens is 320 g/mol. The van der Waals surface area contributed by atoms with E-state index in [0.717, 1.165) is 5.69 Å². The lowest BCUT2D eigenvalue weighted by molar-refractivity contribution is 0.102. The number of carbonyl (C=O) groups excluding carboxylic acids is 1. The van der Waals surface area contributed by atoms with Gasteiger partial charge in [-0.05, 0) is 37.3 Å². The van der Waals surface area contributed by atoms with Crippen molar-refractivity contribution in [2.75, 3.05) is 5.32 Å². The van der Waals surface area contributed by atoms with Crippen molar-refractivity contribution in [3.8, 4) is 11.4 Å². The minimum Gasteiger partial charge on any atom is -0.449 e. The summed E-state index contributed by atoms with van der Waals surface area (Å²) in [5, 5.41) is 7.60. The number of benzene rings is 1. The number of hydrogen-bond acceptors (Lipinski definition) is 6. The molecule has 124 valence electrons. The van der Waals surface area contributed by atoms with Crippen molar-refractivity contribution >= 4 is 22.6 Å². The molecule has 0 bridgehead atoms.